The number of aliphatic imine (C=N–C) groups is 1. The van der Waals surface area contributed by atoms with Crippen LogP contribution in [-0.2, 0) is 4.79 Å². The summed E-state index contributed by atoms with van der Waals surface area (Å²) in [7, 11) is 0. The van der Waals surface area contributed by atoms with E-state index in [-0.39, 0.29) is 16.0 Å². The van der Waals surface area contributed by atoms with E-state index in [1.165, 1.54) is 6.08 Å². The highest BCUT2D eigenvalue weighted by Crippen LogP contribution is 2.27. The quantitative estimate of drug-likeness (QED) is 0.493. The van der Waals surface area contributed by atoms with Gasteiger partial charge in [-0.15, -0.1) is 10.2 Å². The molecule has 5 nitrogen and oxygen atoms in total. The maximum Gasteiger partial charge on any atom is 0.240 e. The smallest absolute Gasteiger partial charge is 0.211 e. The van der Waals surface area contributed by atoms with Crippen molar-refractivity contribution >= 4 is 35.0 Å². The van der Waals surface area contributed by atoms with E-state index in [9.17, 15) is 4.79 Å². The SMILES string of the molecule is O=C=Nc1c(Cl)nnnc1Cl. The van der Waals surface area contributed by atoms with E-state index in [1.807, 2.05) is 0 Å². The minimum atomic E-state index is -0.0756. The standard InChI is InChI=1S/C4Cl2N4O/c5-3-2(7-1-11)4(6)9-10-8-3. The minimum Gasteiger partial charge on any atom is -0.211 e. The van der Waals surface area contributed by atoms with Crippen LogP contribution in [0.4, 0.5) is 5.69 Å². The maximum atomic E-state index is 9.79. The van der Waals surface area contributed by atoms with Gasteiger partial charge in [-0.3, -0.25) is 0 Å². The van der Waals surface area contributed by atoms with Crippen molar-refractivity contribution in [3.63, 3.8) is 0 Å². The molecule has 11 heavy (non-hydrogen) atoms. The molecule has 0 bridgehead atoms. The molecule has 0 amide bonds. The largest absolute Gasteiger partial charge is 0.240 e. The second-order valence-corrected chi connectivity index (χ2v) is 2.14. The van der Waals surface area contributed by atoms with Crippen LogP contribution in [-0.4, -0.2) is 21.5 Å². The van der Waals surface area contributed by atoms with E-state index in [0.29, 0.717) is 0 Å². The molecule has 7 heteroatoms. The summed E-state index contributed by atoms with van der Waals surface area (Å²) in [4.78, 5) is 13.0. The van der Waals surface area contributed by atoms with Gasteiger partial charge in [-0.1, -0.05) is 23.2 Å². The Kier molecular flexibility index (Phi) is 2.48. The van der Waals surface area contributed by atoms with E-state index in [4.69, 9.17) is 23.2 Å². The third-order valence-electron chi connectivity index (χ3n) is 0.813. The van der Waals surface area contributed by atoms with Crippen LogP contribution in [0, 0.1) is 0 Å². The van der Waals surface area contributed by atoms with E-state index in [2.05, 4.69) is 20.4 Å². The Morgan fingerprint density at radius 2 is 1.82 bits per heavy atom. The summed E-state index contributed by atoms with van der Waals surface area (Å²) in [6.07, 6.45) is 1.26. The summed E-state index contributed by atoms with van der Waals surface area (Å²) in [5, 5.41) is 9.63. The Hall–Kier alpha value is -1.03. The first-order valence-electron chi connectivity index (χ1n) is 2.38. The predicted octanol–water partition coefficient (Wildman–Crippen LogP) is 1.15. The molecule has 56 valence electrons. The summed E-state index contributed by atoms with van der Waals surface area (Å²) in [6, 6.07) is 0. The monoisotopic (exact) mass is 190 g/mol. The van der Waals surface area contributed by atoms with Gasteiger partial charge in [-0.2, -0.15) is 4.99 Å². The number of isocyanates is 1. The third kappa shape index (κ3) is 1.71. The van der Waals surface area contributed by atoms with Gasteiger partial charge in [-0.25, -0.2) is 4.79 Å². The lowest BCUT2D eigenvalue weighted by Gasteiger charge is -1.92. The zero-order valence-electron chi connectivity index (χ0n) is 4.95. The van der Waals surface area contributed by atoms with Crippen molar-refractivity contribution in [2.75, 3.05) is 0 Å². The molecule has 1 aromatic heterocycles. The fourth-order valence-corrected chi connectivity index (χ4v) is 0.798. The Balaban J connectivity index is 3.31. The Morgan fingerprint density at radius 1 is 1.27 bits per heavy atom. The number of carbonyl (C=O) groups excluding carboxylic acids is 1. The highest BCUT2D eigenvalue weighted by Gasteiger charge is 2.06. The van der Waals surface area contributed by atoms with Gasteiger partial charge in [-0.05, 0) is 5.21 Å². The molecule has 0 fully saturated rings. The number of aromatic nitrogens is 3. The maximum absolute atomic E-state index is 9.79. The number of hydrogen-bond acceptors (Lipinski definition) is 5. The predicted molar refractivity (Wildman–Crippen MR) is 37.6 cm³/mol. The Morgan fingerprint density at radius 3 is 2.27 bits per heavy atom. The lowest BCUT2D eigenvalue weighted by molar-refractivity contribution is 0.565. The molecule has 0 radical (unpaired) electrons. The highest BCUT2D eigenvalue weighted by atomic mass is 35.5. The second-order valence-electron chi connectivity index (χ2n) is 1.42. The summed E-state index contributed by atoms with van der Waals surface area (Å²) >= 11 is 10.9. The van der Waals surface area contributed by atoms with Crippen LogP contribution in [0.2, 0.25) is 10.3 Å². The van der Waals surface area contributed by atoms with Gasteiger partial charge in [0.15, 0.2) is 16.0 Å². The molecular weight excluding hydrogens is 191 g/mol. The van der Waals surface area contributed by atoms with Gasteiger partial charge < -0.3 is 0 Å². The van der Waals surface area contributed by atoms with Crippen molar-refractivity contribution in [3.8, 4) is 0 Å². The molecule has 0 aromatic carbocycles. The van der Waals surface area contributed by atoms with Gasteiger partial charge >= 0.3 is 0 Å². The van der Waals surface area contributed by atoms with Crippen molar-refractivity contribution in [1.29, 1.82) is 0 Å². The normalized spacial score (nSPS) is 8.91. The van der Waals surface area contributed by atoms with E-state index in [0.717, 1.165) is 0 Å². The highest BCUT2D eigenvalue weighted by molar-refractivity contribution is 6.37. The van der Waals surface area contributed by atoms with Crippen LogP contribution in [0.15, 0.2) is 4.99 Å². The van der Waals surface area contributed by atoms with Gasteiger partial charge in [0.05, 0.1) is 0 Å². The molecule has 0 saturated heterocycles. The van der Waals surface area contributed by atoms with Crippen LogP contribution >= 0.6 is 23.2 Å². The van der Waals surface area contributed by atoms with Crippen molar-refractivity contribution in [2.24, 2.45) is 4.99 Å². The zero-order valence-corrected chi connectivity index (χ0v) is 6.46. The number of rotatable bonds is 1. The molecule has 0 atom stereocenters. The molecular formula is C4Cl2N4O. The van der Waals surface area contributed by atoms with Crippen molar-refractivity contribution in [2.45, 2.75) is 0 Å². The fourth-order valence-electron chi connectivity index (χ4n) is 0.419. The van der Waals surface area contributed by atoms with Gasteiger partial charge in [0, 0.05) is 0 Å². The zero-order chi connectivity index (χ0) is 8.27. The number of nitrogens with zero attached hydrogens (tertiary/aromatic N) is 4. The Bertz CT molecular complexity index is 302. The van der Waals surface area contributed by atoms with Crippen LogP contribution in [0.1, 0.15) is 0 Å². The molecule has 0 aliphatic rings. The summed E-state index contributed by atoms with van der Waals surface area (Å²) < 4.78 is 0. The van der Waals surface area contributed by atoms with Gasteiger partial charge in [0.2, 0.25) is 6.08 Å². The van der Waals surface area contributed by atoms with Crippen LogP contribution in [0.3, 0.4) is 0 Å². The summed E-state index contributed by atoms with van der Waals surface area (Å²) in [6.45, 7) is 0. The molecule has 0 spiro atoms. The topological polar surface area (TPSA) is 68.1 Å². The first-order valence-corrected chi connectivity index (χ1v) is 3.13. The minimum absolute atomic E-state index is 0.0154. The lowest BCUT2D eigenvalue weighted by atomic mass is 10.6. The summed E-state index contributed by atoms with van der Waals surface area (Å²) in [5.74, 6) is 0. The Labute approximate surface area is 71.1 Å². The summed E-state index contributed by atoms with van der Waals surface area (Å²) in [5.41, 5.74) is -0.0154. The van der Waals surface area contributed by atoms with E-state index >= 15 is 0 Å². The van der Waals surface area contributed by atoms with Gasteiger partial charge in [0.25, 0.3) is 0 Å². The van der Waals surface area contributed by atoms with Crippen LogP contribution in [0.5, 0.6) is 0 Å². The second kappa shape index (κ2) is 3.39. The average molecular weight is 191 g/mol. The lowest BCUT2D eigenvalue weighted by Crippen LogP contribution is -1.87. The number of hydrogen-bond donors (Lipinski definition) is 0. The third-order valence-corrected chi connectivity index (χ3v) is 1.32. The molecule has 0 aliphatic carbocycles. The van der Waals surface area contributed by atoms with Crippen LogP contribution in [0.25, 0.3) is 0 Å². The van der Waals surface area contributed by atoms with Crippen LogP contribution < -0.4 is 0 Å². The average Bonchev–Trinajstić information content (AvgIpc) is 1.97. The molecule has 0 aliphatic heterocycles. The molecule has 0 N–H and O–H groups in total. The molecule has 1 aromatic rings. The molecule has 1 heterocycles. The first-order chi connectivity index (χ1) is 5.25. The van der Waals surface area contributed by atoms with Gasteiger partial charge in [0.1, 0.15) is 0 Å². The molecule has 1 rings (SSSR count). The number of halogens is 2. The van der Waals surface area contributed by atoms with E-state index < -0.39 is 0 Å². The van der Waals surface area contributed by atoms with Crippen molar-refractivity contribution in [1.82, 2.24) is 15.4 Å². The van der Waals surface area contributed by atoms with E-state index in [1.54, 1.807) is 0 Å². The van der Waals surface area contributed by atoms with Crippen molar-refractivity contribution < 1.29 is 4.79 Å². The molecule has 0 unspecified atom stereocenters. The fraction of sp³-hybridized carbons (Fsp3) is 0. The first kappa shape index (κ1) is 8.07. The molecule has 0 saturated carbocycles. The van der Waals surface area contributed by atoms with Crippen molar-refractivity contribution in [3.05, 3.63) is 10.3 Å².